The van der Waals surface area contributed by atoms with Gasteiger partial charge < -0.3 is 10.6 Å². The number of anilines is 2. The third-order valence-electron chi connectivity index (χ3n) is 3.82. The van der Waals surface area contributed by atoms with E-state index in [1.54, 1.807) is 6.20 Å². The van der Waals surface area contributed by atoms with Gasteiger partial charge in [0.1, 0.15) is 5.82 Å². The zero-order chi connectivity index (χ0) is 16.8. The largest absolute Gasteiger partial charge is 0.370 e. The van der Waals surface area contributed by atoms with Crippen LogP contribution in [0.1, 0.15) is 41.8 Å². The molecule has 4 nitrogen and oxygen atoms in total. The van der Waals surface area contributed by atoms with Crippen molar-refractivity contribution in [3.63, 3.8) is 0 Å². The highest BCUT2D eigenvalue weighted by atomic mass is 16.1. The predicted octanol–water partition coefficient (Wildman–Crippen LogP) is 4.41. The Labute approximate surface area is 138 Å². The molecule has 2 rings (SSSR count). The molecule has 0 saturated heterocycles. The summed E-state index contributed by atoms with van der Waals surface area (Å²) < 4.78 is 0. The highest BCUT2D eigenvalue weighted by molar-refractivity contribution is 6.04. The molecule has 0 aliphatic carbocycles. The topological polar surface area (TPSA) is 54.0 Å². The smallest absolute Gasteiger partial charge is 0.255 e. The number of carbonyl (C=O) groups is 1. The molecular formula is C19H25N3O. The Kier molecular flexibility index (Phi) is 5.74. The number of nitrogens with one attached hydrogen (secondary N) is 2. The fourth-order valence-corrected chi connectivity index (χ4v) is 2.15. The minimum absolute atomic E-state index is 0.115. The van der Waals surface area contributed by atoms with E-state index >= 15 is 0 Å². The van der Waals surface area contributed by atoms with E-state index in [1.807, 2.05) is 44.2 Å². The molecule has 1 aromatic carbocycles. The summed E-state index contributed by atoms with van der Waals surface area (Å²) in [4.78, 5) is 16.6. The molecule has 0 spiro atoms. The van der Waals surface area contributed by atoms with Crippen LogP contribution in [0.25, 0.3) is 0 Å². The summed E-state index contributed by atoms with van der Waals surface area (Å²) in [7, 11) is 0. The fourth-order valence-electron chi connectivity index (χ4n) is 2.15. The second-order valence-electron chi connectivity index (χ2n) is 6.29. The SMILES string of the molecule is Cc1ccc(C(=O)Nc2ccc(NCCC(C)C)nc2)cc1C. The van der Waals surface area contributed by atoms with Gasteiger partial charge >= 0.3 is 0 Å². The van der Waals surface area contributed by atoms with Crippen LogP contribution in [0.3, 0.4) is 0 Å². The minimum Gasteiger partial charge on any atom is -0.370 e. The van der Waals surface area contributed by atoms with Gasteiger partial charge in [-0.25, -0.2) is 4.98 Å². The summed E-state index contributed by atoms with van der Waals surface area (Å²) in [6.45, 7) is 9.33. The highest BCUT2D eigenvalue weighted by Gasteiger charge is 2.07. The normalized spacial score (nSPS) is 10.7. The van der Waals surface area contributed by atoms with Gasteiger partial charge in [-0.2, -0.15) is 0 Å². The molecule has 0 radical (unpaired) electrons. The molecule has 1 heterocycles. The number of benzene rings is 1. The first-order valence-corrected chi connectivity index (χ1v) is 8.04. The van der Waals surface area contributed by atoms with Crippen molar-refractivity contribution in [2.45, 2.75) is 34.1 Å². The number of nitrogens with zero attached hydrogens (tertiary/aromatic N) is 1. The lowest BCUT2D eigenvalue weighted by molar-refractivity contribution is 0.102. The first-order valence-electron chi connectivity index (χ1n) is 8.04. The van der Waals surface area contributed by atoms with Crippen LogP contribution in [0, 0.1) is 19.8 Å². The van der Waals surface area contributed by atoms with Gasteiger partial charge in [0.15, 0.2) is 0 Å². The van der Waals surface area contributed by atoms with Crippen LogP contribution in [0.5, 0.6) is 0 Å². The number of amides is 1. The third kappa shape index (κ3) is 5.09. The molecule has 0 aliphatic heterocycles. The molecule has 2 aromatic rings. The second-order valence-corrected chi connectivity index (χ2v) is 6.29. The maximum Gasteiger partial charge on any atom is 0.255 e. The Balaban J connectivity index is 1.94. The van der Waals surface area contributed by atoms with Gasteiger partial charge in [-0.1, -0.05) is 19.9 Å². The van der Waals surface area contributed by atoms with Crippen molar-refractivity contribution in [2.24, 2.45) is 5.92 Å². The minimum atomic E-state index is -0.115. The number of hydrogen-bond donors (Lipinski definition) is 2. The van der Waals surface area contributed by atoms with E-state index in [9.17, 15) is 4.79 Å². The Hall–Kier alpha value is -2.36. The molecule has 0 atom stereocenters. The molecule has 122 valence electrons. The summed E-state index contributed by atoms with van der Waals surface area (Å²) in [5.74, 6) is 1.38. The van der Waals surface area contributed by atoms with Gasteiger partial charge in [-0.05, 0) is 61.6 Å². The first kappa shape index (κ1) is 17.0. The number of aryl methyl sites for hydroxylation is 2. The van der Waals surface area contributed by atoms with E-state index in [4.69, 9.17) is 0 Å². The molecule has 1 aromatic heterocycles. The van der Waals surface area contributed by atoms with Crippen molar-refractivity contribution >= 4 is 17.4 Å². The van der Waals surface area contributed by atoms with Gasteiger partial charge in [0.25, 0.3) is 5.91 Å². The first-order chi connectivity index (χ1) is 11.0. The number of aromatic nitrogens is 1. The molecule has 0 saturated carbocycles. The van der Waals surface area contributed by atoms with E-state index in [0.717, 1.165) is 24.3 Å². The summed E-state index contributed by atoms with van der Waals surface area (Å²) >= 11 is 0. The molecule has 2 N–H and O–H groups in total. The predicted molar refractivity (Wildman–Crippen MR) is 96.1 cm³/mol. The zero-order valence-electron chi connectivity index (χ0n) is 14.3. The average Bonchev–Trinajstić information content (AvgIpc) is 2.51. The Bertz CT molecular complexity index is 663. The molecule has 0 unspecified atom stereocenters. The number of hydrogen-bond acceptors (Lipinski definition) is 3. The Morgan fingerprint density at radius 2 is 1.91 bits per heavy atom. The van der Waals surface area contributed by atoms with Gasteiger partial charge in [0.05, 0.1) is 11.9 Å². The highest BCUT2D eigenvalue weighted by Crippen LogP contribution is 2.14. The third-order valence-corrected chi connectivity index (χ3v) is 3.82. The Morgan fingerprint density at radius 3 is 2.52 bits per heavy atom. The molecule has 23 heavy (non-hydrogen) atoms. The van der Waals surface area contributed by atoms with Gasteiger partial charge in [-0.15, -0.1) is 0 Å². The van der Waals surface area contributed by atoms with Crippen molar-refractivity contribution in [3.8, 4) is 0 Å². The zero-order valence-corrected chi connectivity index (χ0v) is 14.3. The summed E-state index contributed by atoms with van der Waals surface area (Å²) in [5.41, 5.74) is 3.65. The molecule has 0 aliphatic rings. The van der Waals surface area contributed by atoms with E-state index in [-0.39, 0.29) is 5.91 Å². The van der Waals surface area contributed by atoms with Crippen molar-refractivity contribution in [1.29, 1.82) is 0 Å². The van der Waals surface area contributed by atoms with Crippen LogP contribution in [-0.4, -0.2) is 17.4 Å². The molecular weight excluding hydrogens is 286 g/mol. The molecule has 1 amide bonds. The van der Waals surface area contributed by atoms with Crippen LogP contribution >= 0.6 is 0 Å². The lowest BCUT2D eigenvalue weighted by Gasteiger charge is -2.09. The Morgan fingerprint density at radius 1 is 1.13 bits per heavy atom. The second kappa shape index (κ2) is 7.77. The van der Waals surface area contributed by atoms with Crippen molar-refractivity contribution in [3.05, 3.63) is 53.2 Å². The van der Waals surface area contributed by atoms with Crippen LogP contribution in [-0.2, 0) is 0 Å². The van der Waals surface area contributed by atoms with Crippen LogP contribution < -0.4 is 10.6 Å². The number of pyridine rings is 1. The van der Waals surface area contributed by atoms with Gasteiger partial charge in [0, 0.05) is 12.1 Å². The van der Waals surface area contributed by atoms with E-state index < -0.39 is 0 Å². The monoisotopic (exact) mass is 311 g/mol. The van der Waals surface area contributed by atoms with E-state index in [2.05, 4.69) is 29.5 Å². The van der Waals surface area contributed by atoms with Crippen molar-refractivity contribution < 1.29 is 4.79 Å². The van der Waals surface area contributed by atoms with Gasteiger partial charge in [0.2, 0.25) is 0 Å². The van der Waals surface area contributed by atoms with Crippen LogP contribution in [0.2, 0.25) is 0 Å². The van der Waals surface area contributed by atoms with Gasteiger partial charge in [-0.3, -0.25) is 4.79 Å². The van der Waals surface area contributed by atoms with Crippen LogP contribution in [0.4, 0.5) is 11.5 Å². The standard InChI is InChI=1S/C19H25N3O/c1-13(2)9-10-20-18-8-7-17(12-21-18)22-19(23)16-6-5-14(3)15(4)11-16/h5-8,11-13H,9-10H2,1-4H3,(H,20,21)(H,22,23). The van der Waals surface area contributed by atoms with Crippen molar-refractivity contribution in [1.82, 2.24) is 4.98 Å². The number of rotatable bonds is 6. The number of carbonyl (C=O) groups excluding carboxylic acids is 1. The van der Waals surface area contributed by atoms with E-state index in [0.29, 0.717) is 17.2 Å². The molecule has 0 bridgehead atoms. The molecule has 0 fully saturated rings. The lowest BCUT2D eigenvalue weighted by Crippen LogP contribution is -2.12. The average molecular weight is 311 g/mol. The summed E-state index contributed by atoms with van der Waals surface area (Å²) in [6.07, 6.45) is 2.78. The van der Waals surface area contributed by atoms with E-state index in [1.165, 1.54) is 5.56 Å². The fraction of sp³-hybridized carbons (Fsp3) is 0.368. The lowest BCUT2D eigenvalue weighted by atomic mass is 10.1. The summed E-state index contributed by atoms with van der Waals surface area (Å²) in [6, 6.07) is 9.46. The maximum absolute atomic E-state index is 12.3. The quantitative estimate of drug-likeness (QED) is 0.831. The molecule has 4 heteroatoms. The van der Waals surface area contributed by atoms with Crippen molar-refractivity contribution in [2.75, 3.05) is 17.2 Å². The maximum atomic E-state index is 12.3. The summed E-state index contributed by atoms with van der Waals surface area (Å²) in [5, 5.41) is 6.16. The van der Waals surface area contributed by atoms with Crippen LogP contribution in [0.15, 0.2) is 36.5 Å².